The molecule has 7 heteroatoms. The second-order valence-corrected chi connectivity index (χ2v) is 6.87. The Morgan fingerprint density at radius 1 is 1.32 bits per heavy atom. The summed E-state index contributed by atoms with van der Waals surface area (Å²) in [5, 5.41) is 4.78. The molecule has 0 aliphatic rings. The SMILES string of the molecule is Cc1csc(=O)n1CCCC(=O)NCCCc1nc2ccccc2[nH]1. The highest BCUT2D eigenvalue weighted by molar-refractivity contribution is 7.07. The molecule has 3 aromatic rings. The third-order valence-electron chi connectivity index (χ3n) is 4.11. The van der Waals surface area contributed by atoms with Gasteiger partial charge in [0, 0.05) is 37.0 Å². The smallest absolute Gasteiger partial charge is 0.307 e. The van der Waals surface area contributed by atoms with E-state index in [4.69, 9.17) is 0 Å². The van der Waals surface area contributed by atoms with Crippen LogP contribution in [0.15, 0.2) is 34.4 Å². The van der Waals surface area contributed by atoms with Crippen molar-refractivity contribution in [3.63, 3.8) is 0 Å². The fourth-order valence-electron chi connectivity index (χ4n) is 2.77. The summed E-state index contributed by atoms with van der Waals surface area (Å²) in [6, 6.07) is 7.95. The average Bonchev–Trinajstić information content (AvgIpc) is 3.16. The molecule has 0 bridgehead atoms. The molecule has 0 spiro atoms. The van der Waals surface area contributed by atoms with Gasteiger partial charge in [0.1, 0.15) is 5.82 Å². The molecule has 0 radical (unpaired) electrons. The average molecular weight is 358 g/mol. The van der Waals surface area contributed by atoms with Gasteiger partial charge in [0.25, 0.3) is 0 Å². The topological polar surface area (TPSA) is 79.8 Å². The Morgan fingerprint density at radius 2 is 2.16 bits per heavy atom. The Bertz CT molecular complexity index is 876. The summed E-state index contributed by atoms with van der Waals surface area (Å²) < 4.78 is 1.72. The lowest BCUT2D eigenvalue weighted by atomic mass is 10.2. The number of aryl methyl sites for hydroxylation is 2. The van der Waals surface area contributed by atoms with Gasteiger partial charge in [-0.05, 0) is 31.9 Å². The number of fused-ring (bicyclic) bond motifs is 1. The lowest BCUT2D eigenvalue weighted by Crippen LogP contribution is -2.25. The molecule has 0 saturated carbocycles. The first-order chi connectivity index (χ1) is 12.1. The summed E-state index contributed by atoms with van der Waals surface area (Å²) >= 11 is 1.20. The Hall–Kier alpha value is -2.41. The van der Waals surface area contributed by atoms with Gasteiger partial charge in [-0.1, -0.05) is 23.5 Å². The number of aromatic amines is 1. The van der Waals surface area contributed by atoms with Gasteiger partial charge in [-0.15, -0.1) is 0 Å². The number of amides is 1. The van der Waals surface area contributed by atoms with Crippen LogP contribution >= 0.6 is 11.3 Å². The molecule has 3 rings (SSSR count). The molecule has 2 aromatic heterocycles. The van der Waals surface area contributed by atoms with Crippen LogP contribution in [0.4, 0.5) is 0 Å². The van der Waals surface area contributed by atoms with Crippen molar-refractivity contribution in [1.82, 2.24) is 19.9 Å². The molecule has 0 aliphatic carbocycles. The molecule has 2 heterocycles. The van der Waals surface area contributed by atoms with E-state index in [9.17, 15) is 9.59 Å². The molecule has 6 nitrogen and oxygen atoms in total. The van der Waals surface area contributed by atoms with Crippen molar-refractivity contribution in [3.8, 4) is 0 Å². The first-order valence-electron chi connectivity index (χ1n) is 8.49. The van der Waals surface area contributed by atoms with Crippen LogP contribution in [0.1, 0.15) is 30.8 Å². The number of nitrogens with one attached hydrogen (secondary N) is 2. The summed E-state index contributed by atoms with van der Waals surface area (Å²) in [7, 11) is 0. The molecule has 0 atom stereocenters. The Kier molecular flexibility index (Phi) is 5.65. The third-order valence-corrected chi connectivity index (χ3v) is 4.99. The first kappa shape index (κ1) is 17.4. The van der Waals surface area contributed by atoms with Crippen LogP contribution in [0.2, 0.25) is 0 Å². The third kappa shape index (κ3) is 4.57. The maximum absolute atomic E-state index is 11.9. The molecule has 2 N–H and O–H groups in total. The second-order valence-electron chi connectivity index (χ2n) is 6.05. The van der Waals surface area contributed by atoms with Crippen LogP contribution < -0.4 is 10.2 Å². The van der Waals surface area contributed by atoms with E-state index in [1.54, 1.807) is 4.57 Å². The van der Waals surface area contributed by atoms with Crippen LogP contribution in [0, 0.1) is 6.92 Å². The molecule has 0 fully saturated rings. The predicted octanol–water partition coefficient (Wildman–Crippen LogP) is 2.62. The zero-order valence-corrected chi connectivity index (χ0v) is 15.1. The van der Waals surface area contributed by atoms with Crippen molar-refractivity contribution < 1.29 is 4.79 Å². The number of H-pyrrole nitrogens is 1. The van der Waals surface area contributed by atoms with Crippen molar-refractivity contribution in [2.24, 2.45) is 0 Å². The van der Waals surface area contributed by atoms with Crippen LogP contribution in [-0.4, -0.2) is 27.0 Å². The number of hydrogen-bond acceptors (Lipinski definition) is 4. The highest BCUT2D eigenvalue weighted by Crippen LogP contribution is 2.11. The Morgan fingerprint density at radius 3 is 2.92 bits per heavy atom. The van der Waals surface area contributed by atoms with Gasteiger partial charge < -0.3 is 14.9 Å². The van der Waals surface area contributed by atoms with Gasteiger partial charge in [0.2, 0.25) is 5.91 Å². The number of imidazole rings is 1. The van der Waals surface area contributed by atoms with E-state index in [1.807, 2.05) is 36.6 Å². The highest BCUT2D eigenvalue weighted by Gasteiger charge is 2.06. The van der Waals surface area contributed by atoms with Gasteiger partial charge in [0.05, 0.1) is 11.0 Å². The monoisotopic (exact) mass is 358 g/mol. The Labute approximate surface area is 149 Å². The van der Waals surface area contributed by atoms with Gasteiger partial charge in [-0.2, -0.15) is 0 Å². The minimum Gasteiger partial charge on any atom is -0.356 e. The van der Waals surface area contributed by atoms with E-state index in [0.29, 0.717) is 25.9 Å². The number of para-hydroxylation sites is 2. The van der Waals surface area contributed by atoms with Crippen molar-refractivity contribution in [2.45, 2.75) is 39.2 Å². The van der Waals surface area contributed by atoms with E-state index in [1.165, 1.54) is 11.3 Å². The van der Waals surface area contributed by atoms with E-state index >= 15 is 0 Å². The van der Waals surface area contributed by atoms with Crippen molar-refractivity contribution in [2.75, 3.05) is 6.54 Å². The summed E-state index contributed by atoms with van der Waals surface area (Å²) in [6.07, 6.45) is 2.76. The number of nitrogens with zero attached hydrogens (tertiary/aromatic N) is 2. The van der Waals surface area contributed by atoms with Gasteiger partial charge in [-0.25, -0.2) is 4.98 Å². The van der Waals surface area contributed by atoms with Gasteiger partial charge >= 0.3 is 4.87 Å². The molecular formula is C18H22N4O2S. The van der Waals surface area contributed by atoms with E-state index in [-0.39, 0.29) is 10.8 Å². The van der Waals surface area contributed by atoms with Crippen LogP contribution in [0.25, 0.3) is 11.0 Å². The van der Waals surface area contributed by atoms with Gasteiger partial charge in [0.15, 0.2) is 0 Å². The standard InChI is InChI=1S/C18H22N4O2S/c1-13-12-25-18(24)22(13)11-5-9-17(23)19-10-4-8-16-20-14-6-2-3-7-15(14)21-16/h2-3,6-7,12H,4-5,8-11H2,1H3,(H,19,23)(H,20,21). The van der Waals surface area contributed by atoms with Gasteiger partial charge in [-0.3, -0.25) is 9.59 Å². The minimum atomic E-state index is 0.0329. The Balaban J connectivity index is 1.34. The van der Waals surface area contributed by atoms with Crippen LogP contribution in [-0.2, 0) is 17.8 Å². The summed E-state index contributed by atoms with van der Waals surface area (Å²) in [6.45, 7) is 3.14. The molecular weight excluding hydrogens is 336 g/mol. The lowest BCUT2D eigenvalue weighted by Gasteiger charge is -2.06. The molecule has 1 aromatic carbocycles. The second kappa shape index (κ2) is 8.11. The highest BCUT2D eigenvalue weighted by atomic mass is 32.1. The number of hydrogen-bond donors (Lipinski definition) is 2. The summed E-state index contributed by atoms with van der Waals surface area (Å²) in [4.78, 5) is 31.3. The van der Waals surface area contributed by atoms with Crippen LogP contribution in [0.5, 0.6) is 0 Å². The van der Waals surface area contributed by atoms with E-state index < -0.39 is 0 Å². The maximum Gasteiger partial charge on any atom is 0.307 e. The van der Waals surface area contributed by atoms with Crippen LogP contribution in [0.3, 0.4) is 0 Å². The number of benzene rings is 1. The number of aromatic nitrogens is 3. The van der Waals surface area contributed by atoms with Crippen molar-refractivity contribution in [1.29, 1.82) is 0 Å². The number of rotatable bonds is 8. The number of thiazole rings is 1. The largest absolute Gasteiger partial charge is 0.356 e. The quantitative estimate of drug-likeness (QED) is 0.608. The zero-order valence-electron chi connectivity index (χ0n) is 14.2. The molecule has 132 valence electrons. The summed E-state index contributed by atoms with van der Waals surface area (Å²) in [5.74, 6) is 0.980. The molecule has 1 amide bonds. The molecule has 25 heavy (non-hydrogen) atoms. The normalized spacial score (nSPS) is 11.1. The maximum atomic E-state index is 11.9. The van der Waals surface area contributed by atoms with E-state index in [2.05, 4.69) is 15.3 Å². The van der Waals surface area contributed by atoms with E-state index in [0.717, 1.165) is 35.4 Å². The first-order valence-corrected chi connectivity index (χ1v) is 9.37. The number of carbonyl (C=O) groups is 1. The van der Waals surface area contributed by atoms with Crippen molar-refractivity contribution >= 4 is 28.3 Å². The zero-order chi connectivity index (χ0) is 17.6. The summed E-state index contributed by atoms with van der Waals surface area (Å²) in [5.41, 5.74) is 2.97. The van der Waals surface area contributed by atoms with Crippen molar-refractivity contribution in [3.05, 3.63) is 50.8 Å². The minimum absolute atomic E-state index is 0.0329. The molecule has 0 saturated heterocycles. The fourth-order valence-corrected chi connectivity index (χ4v) is 3.53. The fraction of sp³-hybridized carbons (Fsp3) is 0.389. The lowest BCUT2D eigenvalue weighted by molar-refractivity contribution is -0.121. The molecule has 0 unspecified atom stereocenters. The number of carbonyl (C=O) groups excluding carboxylic acids is 1. The predicted molar refractivity (Wildman–Crippen MR) is 100.0 cm³/mol. The molecule has 0 aliphatic heterocycles.